The van der Waals surface area contributed by atoms with Gasteiger partial charge in [-0.3, -0.25) is 4.79 Å². The van der Waals surface area contributed by atoms with Crippen LogP contribution < -0.4 is 15.2 Å². The summed E-state index contributed by atoms with van der Waals surface area (Å²) in [5.74, 6) is 0.324. The van der Waals surface area contributed by atoms with Gasteiger partial charge in [-0.05, 0) is 35.9 Å². The molecule has 140 valence electrons. The van der Waals surface area contributed by atoms with Gasteiger partial charge in [0.05, 0.1) is 6.54 Å². The molecule has 8 heteroatoms. The van der Waals surface area contributed by atoms with E-state index in [2.05, 4.69) is 5.32 Å². The molecule has 0 aliphatic carbocycles. The number of nitrogens with one attached hydrogen (secondary N) is 1. The van der Waals surface area contributed by atoms with Crippen molar-refractivity contribution in [2.45, 2.75) is 17.4 Å². The fraction of sp³-hybridized carbons (Fsp3) is 0.105. The van der Waals surface area contributed by atoms with E-state index in [0.29, 0.717) is 22.8 Å². The number of nitrogens with two attached hydrogens (primary N) is 1. The van der Waals surface area contributed by atoms with Gasteiger partial charge in [0.25, 0.3) is 5.91 Å². The maximum Gasteiger partial charge on any atom is 0.251 e. The number of benzene rings is 2. The first-order valence-electron chi connectivity index (χ1n) is 8.08. The first-order chi connectivity index (χ1) is 12.9. The Hall–Kier alpha value is -2.68. The molecule has 1 amide bonds. The van der Waals surface area contributed by atoms with E-state index in [1.165, 1.54) is 6.07 Å². The highest BCUT2D eigenvalue weighted by Crippen LogP contribution is 2.20. The summed E-state index contributed by atoms with van der Waals surface area (Å²) in [7, 11) is -3.72. The van der Waals surface area contributed by atoms with Crippen LogP contribution in [0.3, 0.4) is 0 Å². The van der Waals surface area contributed by atoms with E-state index >= 15 is 0 Å². The molecule has 3 N–H and O–H groups in total. The van der Waals surface area contributed by atoms with Gasteiger partial charge in [-0.25, -0.2) is 13.6 Å². The van der Waals surface area contributed by atoms with Gasteiger partial charge in [-0.2, -0.15) is 0 Å². The number of carbonyl (C=O) groups excluding carboxylic acids is 1. The Morgan fingerprint density at radius 2 is 1.81 bits per heavy atom. The maximum absolute atomic E-state index is 12.3. The molecule has 3 aromatic rings. The fourth-order valence-corrected chi connectivity index (χ4v) is 4.06. The summed E-state index contributed by atoms with van der Waals surface area (Å²) >= 11 is 1.03. The maximum atomic E-state index is 12.3. The van der Waals surface area contributed by atoms with E-state index in [-0.39, 0.29) is 16.7 Å². The zero-order chi connectivity index (χ0) is 19.3. The van der Waals surface area contributed by atoms with E-state index in [1.54, 1.807) is 30.3 Å². The quantitative estimate of drug-likeness (QED) is 0.635. The van der Waals surface area contributed by atoms with Gasteiger partial charge in [-0.1, -0.05) is 36.4 Å². The number of primary sulfonamides is 1. The molecular weight excluding hydrogens is 384 g/mol. The van der Waals surface area contributed by atoms with Crippen molar-refractivity contribution in [1.29, 1.82) is 0 Å². The summed E-state index contributed by atoms with van der Waals surface area (Å²) in [4.78, 5) is 13.0. The molecule has 2 aromatic carbocycles. The van der Waals surface area contributed by atoms with Crippen molar-refractivity contribution >= 4 is 27.3 Å². The molecule has 0 aliphatic heterocycles. The van der Waals surface area contributed by atoms with E-state index in [0.717, 1.165) is 16.9 Å². The van der Waals surface area contributed by atoms with E-state index < -0.39 is 10.0 Å². The van der Waals surface area contributed by atoms with Crippen LogP contribution in [-0.2, 0) is 23.2 Å². The minimum Gasteiger partial charge on any atom is -0.489 e. The average molecular weight is 402 g/mol. The van der Waals surface area contributed by atoms with Crippen molar-refractivity contribution in [1.82, 2.24) is 5.32 Å². The third-order valence-corrected chi connectivity index (χ3v) is 6.21. The summed E-state index contributed by atoms with van der Waals surface area (Å²) in [6.45, 7) is 0.631. The molecule has 0 bridgehead atoms. The lowest BCUT2D eigenvalue weighted by atomic mass is 10.2. The highest BCUT2D eigenvalue weighted by molar-refractivity contribution is 7.91. The van der Waals surface area contributed by atoms with Crippen LogP contribution in [0, 0.1) is 0 Å². The fourth-order valence-electron chi connectivity index (χ4n) is 2.34. The Bertz CT molecular complexity index is 1030. The van der Waals surface area contributed by atoms with Gasteiger partial charge in [-0.15, -0.1) is 11.3 Å². The number of rotatable bonds is 7. The van der Waals surface area contributed by atoms with Crippen LogP contribution in [0.15, 0.2) is 70.9 Å². The molecule has 0 spiro atoms. The van der Waals surface area contributed by atoms with Crippen LogP contribution in [0.1, 0.15) is 20.8 Å². The number of sulfonamides is 1. The molecule has 0 radical (unpaired) electrons. The number of hydrogen-bond donors (Lipinski definition) is 2. The Balaban J connectivity index is 1.59. The molecule has 27 heavy (non-hydrogen) atoms. The Kier molecular flexibility index (Phi) is 5.90. The number of carbonyl (C=O) groups is 1. The van der Waals surface area contributed by atoms with Gasteiger partial charge in [0, 0.05) is 10.4 Å². The molecule has 0 saturated carbocycles. The average Bonchev–Trinajstić information content (AvgIpc) is 3.15. The second-order valence-corrected chi connectivity index (χ2v) is 8.71. The summed E-state index contributed by atoms with van der Waals surface area (Å²) in [5, 5.41) is 7.85. The summed E-state index contributed by atoms with van der Waals surface area (Å²) < 4.78 is 28.4. The molecule has 1 heterocycles. The molecule has 3 rings (SSSR count). The SMILES string of the molecule is NS(=O)(=O)c1ccc(CNC(=O)c2cccc(OCc3ccccc3)c2)s1. The molecule has 0 aliphatic rings. The van der Waals surface area contributed by atoms with Crippen molar-refractivity contribution < 1.29 is 17.9 Å². The normalized spacial score (nSPS) is 11.1. The monoisotopic (exact) mass is 402 g/mol. The Morgan fingerprint density at radius 3 is 2.52 bits per heavy atom. The number of hydrogen-bond acceptors (Lipinski definition) is 5. The summed E-state index contributed by atoms with van der Waals surface area (Å²) in [6.07, 6.45) is 0. The van der Waals surface area contributed by atoms with Crippen molar-refractivity contribution in [3.63, 3.8) is 0 Å². The lowest BCUT2D eigenvalue weighted by Gasteiger charge is -2.08. The van der Waals surface area contributed by atoms with Crippen LogP contribution in [0.2, 0.25) is 0 Å². The van der Waals surface area contributed by atoms with Gasteiger partial charge in [0.15, 0.2) is 0 Å². The van der Waals surface area contributed by atoms with Crippen molar-refractivity contribution in [2.75, 3.05) is 0 Å². The lowest BCUT2D eigenvalue weighted by Crippen LogP contribution is -2.22. The van der Waals surface area contributed by atoms with E-state index in [1.807, 2.05) is 30.3 Å². The highest BCUT2D eigenvalue weighted by atomic mass is 32.2. The third-order valence-electron chi connectivity index (χ3n) is 3.69. The second-order valence-electron chi connectivity index (χ2n) is 5.75. The Labute approximate surface area is 161 Å². The van der Waals surface area contributed by atoms with Crippen LogP contribution in [0.25, 0.3) is 0 Å². The van der Waals surface area contributed by atoms with Crippen LogP contribution in [0.4, 0.5) is 0 Å². The first kappa shape index (κ1) is 19.1. The largest absolute Gasteiger partial charge is 0.489 e. The van der Waals surface area contributed by atoms with E-state index in [9.17, 15) is 13.2 Å². The van der Waals surface area contributed by atoms with Gasteiger partial charge < -0.3 is 10.1 Å². The second kappa shape index (κ2) is 8.34. The van der Waals surface area contributed by atoms with E-state index in [4.69, 9.17) is 9.88 Å². The number of amides is 1. The minimum absolute atomic E-state index is 0.0723. The molecule has 6 nitrogen and oxygen atoms in total. The lowest BCUT2D eigenvalue weighted by molar-refractivity contribution is 0.0951. The van der Waals surface area contributed by atoms with Gasteiger partial charge in [0.2, 0.25) is 10.0 Å². The topological polar surface area (TPSA) is 98.5 Å². The highest BCUT2D eigenvalue weighted by Gasteiger charge is 2.12. The first-order valence-corrected chi connectivity index (χ1v) is 10.4. The van der Waals surface area contributed by atoms with Crippen molar-refractivity contribution in [3.8, 4) is 5.75 Å². The zero-order valence-electron chi connectivity index (χ0n) is 14.3. The third kappa shape index (κ3) is 5.40. The summed E-state index contributed by atoms with van der Waals surface area (Å²) in [5.41, 5.74) is 1.50. The molecule has 0 unspecified atom stereocenters. The minimum atomic E-state index is -3.72. The van der Waals surface area contributed by atoms with Crippen LogP contribution in [0.5, 0.6) is 5.75 Å². The predicted molar refractivity (Wildman–Crippen MR) is 104 cm³/mol. The number of thiophene rings is 1. The molecular formula is C19H18N2O4S2. The van der Waals surface area contributed by atoms with Crippen LogP contribution in [-0.4, -0.2) is 14.3 Å². The van der Waals surface area contributed by atoms with Gasteiger partial charge in [0.1, 0.15) is 16.6 Å². The van der Waals surface area contributed by atoms with Crippen LogP contribution >= 0.6 is 11.3 Å². The van der Waals surface area contributed by atoms with Crippen molar-refractivity contribution in [3.05, 3.63) is 82.7 Å². The Morgan fingerprint density at radius 1 is 1.04 bits per heavy atom. The predicted octanol–water partition coefficient (Wildman–Crippen LogP) is 2.90. The molecule has 0 atom stereocenters. The smallest absolute Gasteiger partial charge is 0.251 e. The molecule has 0 fully saturated rings. The standard InChI is InChI=1S/C19H18N2O4S2/c20-27(23,24)18-10-9-17(26-18)12-21-19(22)15-7-4-8-16(11-15)25-13-14-5-2-1-3-6-14/h1-11H,12-13H2,(H,21,22)(H2,20,23,24). The number of ether oxygens (including phenoxy) is 1. The van der Waals surface area contributed by atoms with Gasteiger partial charge >= 0.3 is 0 Å². The zero-order valence-corrected chi connectivity index (χ0v) is 15.9. The molecule has 0 saturated heterocycles. The molecule has 1 aromatic heterocycles. The summed E-state index contributed by atoms with van der Waals surface area (Å²) in [6, 6.07) is 19.7. The van der Waals surface area contributed by atoms with Crippen molar-refractivity contribution in [2.24, 2.45) is 5.14 Å².